The molecular weight excluding hydrogens is 382 g/mol. The maximum Gasteiger partial charge on any atom is 0.309 e. The van der Waals surface area contributed by atoms with E-state index >= 15 is 0 Å². The standard InChI is InChI=1S/C20H35NO4S2/c1-8-24-17(23)14(3)19(4,5)13-15(21-12-10-11-16(21)22)20(6,7)27-18(26)25-9-2/h14-15H,8-13H2,1-7H3. The van der Waals surface area contributed by atoms with E-state index in [9.17, 15) is 9.59 Å². The Labute approximate surface area is 173 Å². The molecule has 7 heteroatoms. The van der Waals surface area contributed by atoms with Crippen molar-refractivity contribution in [1.29, 1.82) is 0 Å². The van der Waals surface area contributed by atoms with E-state index in [2.05, 4.69) is 27.7 Å². The van der Waals surface area contributed by atoms with Crippen molar-refractivity contribution in [2.24, 2.45) is 11.3 Å². The zero-order valence-corrected chi connectivity index (χ0v) is 19.4. The normalized spacial score (nSPS) is 17.6. The lowest BCUT2D eigenvalue weighted by atomic mass is 9.73. The number of esters is 1. The van der Waals surface area contributed by atoms with Crippen LogP contribution in [0.15, 0.2) is 0 Å². The van der Waals surface area contributed by atoms with Gasteiger partial charge in [0, 0.05) is 23.8 Å². The van der Waals surface area contributed by atoms with Crippen molar-refractivity contribution in [3.63, 3.8) is 0 Å². The molecular formula is C20H35NO4S2. The lowest BCUT2D eigenvalue weighted by Crippen LogP contribution is -2.52. The van der Waals surface area contributed by atoms with Crippen LogP contribution in [-0.4, -0.2) is 51.7 Å². The largest absolute Gasteiger partial charge is 0.479 e. The molecule has 0 aromatic rings. The van der Waals surface area contributed by atoms with Crippen LogP contribution in [-0.2, 0) is 19.1 Å². The lowest BCUT2D eigenvalue weighted by molar-refractivity contribution is -0.152. The third-order valence-corrected chi connectivity index (χ3v) is 6.88. The van der Waals surface area contributed by atoms with Crippen molar-refractivity contribution in [1.82, 2.24) is 4.90 Å². The second-order valence-corrected chi connectivity index (χ2v) is 10.5. The van der Waals surface area contributed by atoms with Crippen molar-refractivity contribution >= 4 is 40.2 Å². The van der Waals surface area contributed by atoms with Gasteiger partial charge in [-0.05, 0) is 58.2 Å². The second kappa shape index (κ2) is 10.1. The van der Waals surface area contributed by atoms with Gasteiger partial charge in [0.15, 0.2) is 0 Å². The number of amides is 1. The maximum absolute atomic E-state index is 12.5. The van der Waals surface area contributed by atoms with Crippen LogP contribution in [0.1, 0.15) is 67.7 Å². The van der Waals surface area contributed by atoms with Gasteiger partial charge in [-0.2, -0.15) is 0 Å². The van der Waals surface area contributed by atoms with Gasteiger partial charge >= 0.3 is 5.97 Å². The highest BCUT2D eigenvalue weighted by molar-refractivity contribution is 8.23. The summed E-state index contributed by atoms with van der Waals surface area (Å²) in [6, 6.07) is -0.0530. The number of hydrogen-bond donors (Lipinski definition) is 0. The second-order valence-electron chi connectivity index (χ2n) is 8.26. The highest BCUT2D eigenvalue weighted by atomic mass is 32.2. The van der Waals surface area contributed by atoms with Gasteiger partial charge in [-0.15, -0.1) is 0 Å². The molecule has 0 radical (unpaired) electrons. The van der Waals surface area contributed by atoms with Crippen LogP contribution in [0.3, 0.4) is 0 Å². The molecule has 27 heavy (non-hydrogen) atoms. The first-order valence-corrected chi connectivity index (χ1v) is 11.0. The fraction of sp³-hybridized carbons (Fsp3) is 0.850. The van der Waals surface area contributed by atoms with Gasteiger partial charge in [-0.3, -0.25) is 9.59 Å². The number of thiocarbonyl (C=S) groups is 1. The number of nitrogens with zero attached hydrogens (tertiary/aromatic N) is 1. The Morgan fingerprint density at radius 3 is 2.30 bits per heavy atom. The average Bonchev–Trinajstić information content (AvgIpc) is 2.97. The number of ether oxygens (including phenoxy) is 2. The van der Waals surface area contributed by atoms with Gasteiger partial charge in [-0.1, -0.05) is 32.5 Å². The smallest absolute Gasteiger partial charge is 0.309 e. The number of carbonyl (C=O) groups is 2. The molecule has 156 valence electrons. The molecule has 0 N–H and O–H groups in total. The molecule has 1 aliphatic heterocycles. The van der Waals surface area contributed by atoms with Gasteiger partial charge in [-0.25, -0.2) is 0 Å². The van der Waals surface area contributed by atoms with Crippen LogP contribution in [0.2, 0.25) is 0 Å². The maximum atomic E-state index is 12.5. The summed E-state index contributed by atoms with van der Waals surface area (Å²) in [6.45, 7) is 15.6. The Morgan fingerprint density at radius 1 is 1.22 bits per heavy atom. The van der Waals surface area contributed by atoms with Crippen LogP contribution in [0.25, 0.3) is 0 Å². The van der Waals surface area contributed by atoms with Crippen LogP contribution in [0.5, 0.6) is 0 Å². The molecule has 1 saturated heterocycles. The van der Waals surface area contributed by atoms with Crippen molar-refractivity contribution in [3.05, 3.63) is 0 Å². The fourth-order valence-corrected chi connectivity index (χ4v) is 5.14. The van der Waals surface area contributed by atoms with E-state index in [1.165, 1.54) is 11.8 Å². The molecule has 1 fully saturated rings. The predicted molar refractivity (Wildman–Crippen MR) is 115 cm³/mol. The molecule has 0 spiro atoms. The number of rotatable bonds is 9. The Morgan fingerprint density at radius 2 is 1.81 bits per heavy atom. The van der Waals surface area contributed by atoms with Gasteiger partial charge in [0.05, 0.1) is 19.1 Å². The number of carbonyl (C=O) groups excluding carboxylic acids is 2. The molecule has 0 aliphatic carbocycles. The molecule has 1 rings (SSSR count). The van der Waals surface area contributed by atoms with Crippen LogP contribution >= 0.6 is 24.0 Å². The Kier molecular flexibility index (Phi) is 9.06. The van der Waals surface area contributed by atoms with Crippen molar-refractivity contribution < 1.29 is 19.1 Å². The van der Waals surface area contributed by atoms with E-state index in [1.807, 2.05) is 25.7 Å². The van der Waals surface area contributed by atoms with E-state index < -0.39 is 0 Å². The van der Waals surface area contributed by atoms with Crippen molar-refractivity contribution in [2.45, 2.75) is 78.5 Å². The summed E-state index contributed by atoms with van der Waals surface area (Å²) >= 11 is 6.85. The highest BCUT2D eigenvalue weighted by Crippen LogP contribution is 2.43. The zero-order chi connectivity index (χ0) is 20.8. The fourth-order valence-electron chi connectivity index (χ4n) is 3.42. The Balaban J connectivity index is 3.09. The summed E-state index contributed by atoms with van der Waals surface area (Å²) in [6.07, 6.45) is 2.15. The molecule has 0 bridgehead atoms. The summed E-state index contributed by atoms with van der Waals surface area (Å²) < 4.78 is 10.9. The van der Waals surface area contributed by atoms with E-state index in [-0.39, 0.29) is 34.0 Å². The summed E-state index contributed by atoms with van der Waals surface area (Å²) in [7, 11) is 0. The summed E-state index contributed by atoms with van der Waals surface area (Å²) in [5, 5.41) is 0. The third kappa shape index (κ3) is 6.63. The van der Waals surface area contributed by atoms with Crippen molar-refractivity contribution in [2.75, 3.05) is 19.8 Å². The first kappa shape index (κ1) is 24.2. The molecule has 1 heterocycles. The van der Waals surface area contributed by atoms with Gasteiger partial charge in [0.1, 0.15) is 0 Å². The zero-order valence-electron chi connectivity index (χ0n) is 17.8. The molecule has 5 nitrogen and oxygen atoms in total. The lowest BCUT2D eigenvalue weighted by Gasteiger charge is -2.44. The highest BCUT2D eigenvalue weighted by Gasteiger charge is 2.45. The van der Waals surface area contributed by atoms with E-state index in [1.54, 1.807) is 0 Å². The SMILES string of the molecule is CCOC(=O)C(C)C(C)(C)CC(N1CCCC1=O)C(C)(C)SC(=S)OCC. The van der Waals surface area contributed by atoms with E-state index in [4.69, 9.17) is 21.7 Å². The molecule has 2 unspecified atom stereocenters. The van der Waals surface area contributed by atoms with Crippen LogP contribution < -0.4 is 0 Å². The monoisotopic (exact) mass is 417 g/mol. The molecule has 2 atom stereocenters. The molecule has 1 amide bonds. The molecule has 0 aromatic heterocycles. The summed E-state index contributed by atoms with van der Waals surface area (Å²) in [5.41, 5.74) is -0.329. The minimum Gasteiger partial charge on any atom is -0.479 e. The average molecular weight is 418 g/mol. The quantitative estimate of drug-likeness (QED) is 0.409. The molecule has 1 aliphatic rings. The van der Waals surface area contributed by atoms with Gasteiger partial charge in [0.2, 0.25) is 10.3 Å². The first-order chi connectivity index (χ1) is 12.5. The number of likely N-dealkylation sites (tertiary alicyclic amines) is 1. The number of thioether (sulfide) groups is 1. The number of hydrogen-bond acceptors (Lipinski definition) is 6. The van der Waals surface area contributed by atoms with Crippen LogP contribution in [0.4, 0.5) is 0 Å². The molecule has 0 saturated carbocycles. The van der Waals surface area contributed by atoms with Gasteiger partial charge in [0.25, 0.3) is 0 Å². The topological polar surface area (TPSA) is 55.8 Å². The first-order valence-electron chi connectivity index (χ1n) is 9.78. The van der Waals surface area contributed by atoms with Gasteiger partial charge < -0.3 is 14.4 Å². The molecule has 0 aromatic carbocycles. The van der Waals surface area contributed by atoms with Crippen LogP contribution in [0, 0.1) is 11.3 Å². The predicted octanol–water partition coefficient (Wildman–Crippen LogP) is 4.43. The summed E-state index contributed by atoms with van der Waals surface area (Å²) in [5.74, 6) is -0.280. The van der Waals surface area contributed by atoms with E-state index in [0.29, 0.717) is 30.4 Å². The van der Waals surface area contributed by atoms with E-state index in [0.717, 1.165) is 13.0 Å². The minimum absolute atomic E-state index is 0.0530. The summed E-state index contributed by atoms with van der Waals surface area (Å²) in [4.78, 5) is 26.8. The minimum atomic E-state index is -0.335. The third-order valence-electron chi connectivity index (χ3n) is 5.43. The Hall–Kier alpha value is -0.820. The van der Waals surface area contributed by atoms with Crippen molar-refractivity contribution in [3.8, 4) is 0 Å². The Bertz CT molecular complexity index is 548.